The maximum Gasteiger partial charge on any atom is 0.214 e. The van der Waals surface area contributed by atoms with Crippen LogP contribution in [0, 0.1) is 0 Å². The van der Waals surface area contributed by atoms with Crippen LogP contribution < -0.4 is 4.74 Å². The van der Waals surface area contributed by atoms with Crippen LogP contribution in [0.4, 0.5) is 0 Å². The van der Waals surface area contributed by atoms with E-state index in [1.807, 2.05) is 6.07 Å². The summed E-state index contributed by atoms with van der Waals surface area (Å²) in [6.07, 6.45) is 0.758. The minimum atomic E-state index is 0.524. The Balaban J connectivity index is 2.63. The number of aromatic amines is 1. The number of aldehydes is 1. The van der Waals surface area contributed by atoms with Gasteiger partial charge in [0.05, 0.1) is 12.8 Å². The van der Waals surface area contributed by atoms with Crippen LogP contribution in [0.5, 0.6) is 5.88 Å². The summed E-state index contributed by atoms with van der Waals surface area (Å²) in [5.41, 5.74) is 1.19. The summed E-state index contributed by atoms with van der Waals surface area (Å²) in [5, 5.41) is 0.905. The molecule has 4 heteroatoms. The number of fused-ring (bicyclic) bond motifs is 1. The van der Waals surface area contributed by atoms with Crippen molar-refractivity contribution in [1.82, 2.24) is 9.97 Å². The maximum absolute atomic E-state index is 10.4. The van der Waals surface area contributed by atoms with E-state index in [-0.39, 0.29) is 0 Å². The van der Waals surface area contributed by atoms with Gasteiger partial charge in [-0.05, 0) is 12.1 Å². The number of rotatable bonds is 2. The zero-order chi connectivity index (χ0) is 9.26. The van der Waals surface area contributed by atoms with E-state index in [2.05, 4.69) is 9.97 Å². The maximum atomic E-state index is 10.4. The zero-order valence-corrected chi connectivity index (χ0v) is 7.07. The molecule has 4 nitrogen and oxygen atoms in total. The van der Waals surface area contributed by atoms with E-state index in [0.717, 1.165) is 11.7 Å². The van der Waals surface area contributed by atoms with E-state index in [4.69, 9.17) is 4.74 Å². The number of hydrogen-bond donors (Lipinski definition) is 1. The number of ether oxygens (including phenoxy) is 1. The molecule has 2 aromatic rings. The van der Waals surface area contributed by atoms with Gasteiger partial charge < -0.3 is 9.72 Å². The number of carbonyl (C=O) groups is 1. The molecule has 1 N–H and O–H groups in total. The highest BCUT2D eigenvalue weighted by Gasteiger charge is 2.01. The van der Waals surface area contributed by atoms with Crippen molar-refractivity contribution in [3.05, 3.63) is 23.9 Å². The monoisotopic (exact) mass is 176 g/mol. The zero-order valence-electron chi connectivity index (χ0n) is 7.07. The molecular weight excluding hydrogens is 168 g/mol. The first-order valence-corrected chi connectivity index (χ1v) is 3.82. The Bertz CT molecular complexity index is 448. The average Bonchev–Trinajstić information content (AvgIpc) is 2.58. The van der Waals surface area contributed by atoms with Gasteiger partial charge in [-0.3, -0.25) is 4.79 Å². The first-order chi connectivity index (χ1) is 6.33. The smallest absolute Gasteiger partial charge is 0.214 e. The molecular formula is C9H8N2O2. The number of H-pyrrole nitrogens is 1. The number of nitrogens with zero attached hydrogens (tertiary/aromatic N) is 1. The molecule has 0 unspecified atom stereocenters. The minimum absolute atomic E-state index is 0.524. The molecule has 2 heterocycles. The van der Waals surface area contributed by atoms with Crippen molar-refractivity contribution in [1.29, 1.82) is 0 Å². The Labute approximate surface area is 74.5 Å². The molecule has 13 heavy (non-hydrogen) atoms. The fourth-order valence-electron chi connectivity index (χ4n) is 1.19. The van der Waals surface area contributed by atoms with Crippen molar-refractivity contribution in [2.24, 2.45) is 0 Å². The van der Waals surface area contributed by atoms with Crippen LogP contribution in [0.25, 0.3) is 11.0 Å². The molecule has 0 aliphatic carbocycles. The lowest BCUT2D eigenvalue weighted by Crippen LogP contribution is -1.86. The largest absolute Gasteiger partial charge is 0.481 e. The third-order valence-corrected chi connectivity index (χ3v) is 1.81. The Kier molecular flexibility index (Phi) is 1.73. The van der Waals surface area contributed by atoms with Gasteiger partial charge in [0, 0.05) is 11.5 Å². The summed E-state index contributed by atoms with van der Waals surface area (Å²) >= 11 is 0. The van der Waals surface area contributed by atoms with E-state index < -0.39 is 0 Å². The number of carbonyl (C=O) groups excluding carboxylic acids is 1. The van der Waals surface area contributed by atoms with Crippen LogP contribution >= 0.6 is 0 Å². The average molecular weight is 176 g/mol. The summed E-state index contributed by atoms with van der Waals surface area (Å²) in [5.74, 6) is 0.534. The predicted molar refractivity (Wildman–Crippen MR) is 48.0 cm³/mol. The van der Waals surface area contributed by atoms with E-state index in [1.54, 1.807) is 19.2 Å². The summed E-state index contributed by atoms with van der Waals surface area (Å²) in [7, 11) is 1.55. The SMILES string of the molecule is COc1ccc2cc(C=O)[nH]c2n1. The lowest BCUT2D eigenvalue weighted by molar-refractivity contribution is 0.111. The molecule has 0 radical (unpaired) electrons. The Morgan fingerprint density at radius 3 is 3.08 bits per heavy atom. The molecule has 0 aliphatic rings. The van der Waals surface area contributed by atoms with E-state index >= 15 is 0 Å². The molecule has 66 valence electrons. The van der Waals surface area contributed by atoms with Gasteiger partial charge >= 0.3 is 0 Å². The van der Waals surface area contributed by atoms with Gasteiger partial charge in [0.1, 0.15) is 5.65 Å². The van der Waals surface area contributed by atoms with Crippen molar-refractivity contribution < 1.29 is 9.53 Å². The van der Waals surface area contributed by atoms with E-state index in [9.17, 15) is 4.79 Å². The highest BCUT2D eigenvalue weighted by molar-refractivity contribution is 5.85. The van der Waals surface area contributed by atoms with Crippen LogP contribution in [-0.4, -0.2) is 23.4 Å². The molecule has 0 aromatic carbocycles. The van der Waals surface area contributed by atoms with Crippen molar-refractivity contribution >= 4 is 17.3 Å². The molecule has 0 atom stereocenters. The van der Waals surface area contributed by atoms with Crippen LogP contribution in [0.3, 0.4) is 0 Å². The molecule has 2 rings (SSSR count). The van der Waals surface area contributed by atoms with Crippen LogP contribution in [0.15, 0.2) is 18.2 Å². The summed E-state index contributed by atoms with van der Waals surface area (Å²) in [6, 6.07) is 5.35. The Morgan fingerprint density at radius 2 is 2.38 bits per heavy atom. The fourth-order valence-corrected chi connectivity index (χ4v) is 1.19. The lowest BCUT2D eigenvalue weighted by atomic mass is 10.3. The van der Waals surface area contributed by atoms with Gasteiger partial charge in [-0.1, -0.05) is 0 Å². The van der Waals surface area contributed by atoms with Gasteiger partial charge in [0.25, 0.3) is 0 Å². The first kappa shape index (κ1) is 7.79. The van der Waals surface area contributed by atoms with Gasteiger partial charge in [0.15, 0.2) is 6.29 Å². The second-order valence-corrected chi connectivity index (χ2v) is 2.63. The first-order valence-electron chi connectivity index (χ1n) is 3.82. The van der Waals surface area contributed by atoms with Crippen molar-refractivity contribution in [2.75, 3.05) is 7.11 Å². The van der Waals surface area contributed by atoms with Crippen molar-refractivity contribution in [3.8, 4) is 5.88 Å². The molecule has 0 saturated carbocycles. The summed E-state index contributed by atoms with van der Waals surface area (Å²) < 4.78 is 4.95. The van der Waals surface area contributed by atoms with Gasteiger partial charge in [-0.25, -0.2) is 0 Å². The topological polar surface area (TPSA) is 55.0 Å². The molecule has 2 aromatic heterocycles. The fraction of sp³-hybridized carbons (Fsp3) is 0.111. The molecule has 0 bridgehead atoms. The summed E-state index contributed by atoms with van der Waals surface area (Å²) in [6.45, 7) is 0. The van der Waals surface area contributed by atoms with Gasteiger partial charge in [-0.15, -0.1) is 0 Å². The number of aromatic nitrogens is 2. The number of methoxy groups -OCH3 is 1. The highest BCUT2D eigenvalue weighted by Crippen LogP contribution is 2.16. The molecule has 0 amide bonds. The highest BCUT2D eigenvalue weighted by atomic mass is 16.5. The second-order valence-electron chi connectivity index (χ2n) is 2.63. The number of hydrogen-bond acceptors (Lipinski definition) is 3. The third-order valence-electron chi connectivity index (χ3n) is 1.81. The summed E-state index contributed by atoms with van der Waals surface area (Å²) in [4.78, 5) is 17.4. The quantitative estimate of drug-likeness (QED) is 0.703. The van der Waals surface area contributed by atoms with Crippen LogP contribution in [0.1, 0.15) is 10.5 Å². The Hall–Kier alpha value is -1.84. The van der Waals surface area contributed by atoms with Crippen molar-refractivity contribution in [3.63, 3.8) is 0 Å². The minimum Gasteiger partial charge on any atom is -0.481 e. The Morgan fingerprint density at radius 1 is 1.54 bits per heavy atom. The normalized spacial score (nSPS) is 10.2. The lowest BCUT2D eigenvalue weighted by Gasteiger charge is -1.96. The van der Waals surface area contributed by atoms with Gasteiger partial charge in [0.2, 0.25) is 5.88 Å². The molecule has 0 saturated heterocycles. The van der Waals surface area contributed by atoms with Crippen LogP contribution in [0.2, 0.25) is 0 Å². The number of pyridine rings is 1. The number of nitrogens with one attached hydrogen (secondary N) is 1. The third kappa shape index (κ3) is 1.26. The van der Waals surface area contributed by atoms with Crippen LogP contribution in [-0.2, 0) is 0 Å². The predicted octanol–water partition coefficient (Wildman–Crippen LogP) is 1.38. The second kappa shape index (κ2) is 2.90. The van der Waals surface area contributed by atoms with Crippen molar-refractivity contribution in [2.45, 2.75) is 0 Å². The van der Waals surface area contributed by atoms with Gasteiger partial charge in [-0.2, -0.15) is 4.98 Å². The standard InChI is InChI=1S/C9H8N2O2/c1-13-8-3-2-6-4-7(5-12)10-9(6)11-8/h2-5H,1H3,(H,10,11). The van der Waals surface area contributed by atoms with E-state index in [1.165, 1.54) is 0 Å². The molecule has 0 aliphatic heterocycles. The molecule has 0 fully saturated rings. The van der Waals surface area contributed by atoms with E-state index in [0.29, 0.717) is 17.2 Å². The molecule has 0 spiro atoms.